The molecule has 0 bridgehead atoms. The third-order valence-electron chi connectivity index (χ3n) is 4.40. The van der Waals surface area contributed by atoms with Crippen LogP contribution < -0.4 is 4.90 Å². The molecule has 8 nitrogen and oxygen atoms in total. The van der Waals surface area contributed by atoms with Gasteiger partial charge < -0.3 is 14.4 Å². The zero-order valence-corrected chi connectivity index (χ0v) is 14.7. The fourth-order valence-corrected chi connectivity index (χ4v) is 2.88. The first-order valence-corrected chi connectivity index (χ1v) is 8.52. The monoisotopic (exact) mass is 363 g/mol. The molecule has 0 spiro atoms. The topological polar surface area (TPSA) is 105 Å². The van der Waals surface area contributed by atoms with Crippen LogP contribution in [0.4, 0.5) is 5.82 Å². The summed E-state index contributed by atoms with van der Waals surface area (Å²) in [6, 6.07) is 9.52. The lowest BCUT2D eigenvalue weighted by atomic mass is 10.1. The van der Waals surface area contributed by atoms with Crippen molar-refractivity contribution in [3.63, 3.8) is 0 Å². The standard InChI is InChI=1S/C19H17N5O3/c1-12-16(18-23-22-17(27-18)13-5-3-2-4-6-13)21-15(11-20-12)24-9-7-14(8-10-24)19(25)26/h2-7,11H,8-10H2,1H3,(H,25,26). The van der Waals surface area contributed by atoms with E-state index in [0.717, 1.165) is 5.56 Å². The van der Waals surface area contributed by atoms with Crippen molar-refractivity contribution in [1.82, 2.24) is 20.2 Å². The molecule has 2 aromatic heterocycles. The number of hydrogen-bond donors (Lipinski definition) is 1. The summed E-state index contributed by atoms with van der Waals surface area (Å²) in [6.45, 7) is 2.86. The molecule has 1 N–H and O–H groups in total. The Bertz CT molecular complexity index is 1010. The Labute approximate surface area is 155 Å². The number of carbonyl (C=O) groups is 1. The molecular formula is C19H17N5O3. The van der Waals surface area contributed by atoms with Gasteiger partial charge >= 0.3 is 5.97 Å². The average Bonchev–Trinajstić information content (AvgIpc) is 3.19. The highest BCUT2D eigenvalue weighted by Crippen LogP contribution is 2.26. The van der Waals surface area contributed by atoms with E-state index in [1.165, 1.54) is 0 Å². The highest BCUT2D eigenvalue weighted by molar-refractivity contribution is 5.87. The van der Waals surface area contributed by atoms with Gasteiger partial charge in [0.05, 0.1) is 11.9 Å². The SMILES string of the molecule is Cc1ncc(N2CC=C(C(=O)O)CC2)nc1-c1nnc(-c2ccccc2)o1. The maximum Gasteiger partial charge on any atom is 0.331 e. The van der Waals surface area contributed by atoms with Crippen LogP contribution >= 0.6 is 0 Å². The second-order valence-electron chi connectivity index (χ2n) is 6.17. The maximum atomic E-state index is 11.1. The molecule has 1 aromatic carbocycles. The Morgan fingerprint density at radius 2 is 1.96 bits per heavy atom. The lowest BCUT2D eigenvalue weighted by Gasteiger charge is -2.26. The van der Waals surface area contributed by atoms with Gasteiger partial charge in [-0.15, -0.1) is 10.2 Å². The molecule has 3 heterocycles. The Balaban J connectivity index is 1.62. The number of carboxylic acid groups (broad SMARTS) is 1. The Kier molecular flexibility index (Phi) is 4.37. The van der Waals surface area contributed by atoms with E-state index in [2.05, 4.69) is 20.2 Å². The number of aryl methyl sites for hydroxylation is 1. The van der Waals surface area contributed by atoms with Crippen molar-refractivity contribution in [2.45, 2.75) is 13.3 Å². The summed E-state index contributed by atoms with van der Waals surface area (Å²) in [5.74, 6) is 0.504. The molecule has 1 aliphatic rings. The Hall–Kier alpha value is -3.55. The largest absolute Gasteiger partial charge is 0.478 e. The van der Waals surface area contributed by atoms with Crippen LogP contribution in [-0.2, 0) is 4.79 Å². The molecule has 0 saturated heterocycles. The smallest absolute Gasteiger partial charge is 0.331 e. The quantitative estimate of drug-likeness (QED) is 0.754. The van der Waals surface area contributed by atoms with Crippen molar-refractivity contribution in [1.29, 1.82) is 0 Å². The minimum Gasteiger partial charge on any atom is -0.478 e. The summed E-state index contributed by atoms with van der Waals surface area (Å²) in [5.41, 5.74) is 2.47. The van der Waals surface area contributed by atoms with E-state index in [1.807, 2.05) is 42.2 Å². The van der Waals surface area contributed by atoms with Gasteiger partial charge in [-0.25, -0.2) is 9.78 Å². The molecular weight excluding hydrogens is 346 g/mol. The van der Waals surface area contributed by atoms with Gasteiger partial charge in [-0.05, 0) is 25.5 Å². The lowest BCUT2D eigenvalue weighted by Crippen LogP contribution is -2.31. The van der Waals surface area contributed by atoms with Crippen molar-refractivity contribution in [2.24, 2.45) is 0 Å². The maximum absolute atomic E-state index is 11.1. The summed E-state index contributed by atoms with van der Waals surface area (Å²) in [4.78, 5) is 22.1. The van der Waals surface area contributed by atoms with E-state index in [1.54, 1.807) is 12.3 Å². The molecule has 136 valence electrons. The number of aliphatic carboxylic acids is 1. The van der Waals surface area contributed by atoms with Crippen LogP contribution in [0.25, 0.3) is 23.0 Å². The van der Waals surface area contributed by atoms with Gasteiger partial charge in [-0.3, -0.25) is 4.98 Å². The lowest BCUT2D eigenvalue weighted by molar-refractivity contribution is -0.132. The van der Waals surface area contributed by atoms with Gasteiger partial charge in [-0.2, -0.15) is 0 Å². The van der Waals surface area contributed by atoms with Gasteiger partial charge in [0.2, 0.25) is 5.89 Å². The molecule has 1 aliphatic heterocycles. The van der Waals surface area contributed by atoms with Crippen LogP contribution in [-0.4, -0.2) is 44.3 Å². The fraction of sp³-hybridized carbons (Fsp3) is 0.211. The van der Waals surface area contributed by atoms with Crippen molar-refractivity contribution < 1.29 is 14.3 Å². The molecule has 0 radical (unpaired) electrons. The third-order valence-corrected chi connectivity index (χ3v) is 4.40. The van der Waals surface area contributed by atoms with Crippen LogP contribution in [0.5, 0.6) is 0 Å². The molecule has 0 unspecified atom stereocenters. The summed E-state index contributed by atoms with van der Waals surface area (Å²) >= 11 is 0. The number of hydrogen-bond acceptors (Lipinski definition) is 7. The van der Waals surface area contributed by atoms with E-state index in [0.29, 0.717) is 54.1 Å². The summed E-state index contributed by atoms with van der Waals surface area (Å²) in [5, 5.41) is 17.3. The molecule has 27 heavy (non-hydrogen) atoms. The normalized spacial score (nSPS) is 14.1. The number of anilines is 1. The number of aromatic nitrogens is 4. The molecule has 0 fully saturated rings. The predicted octanol–water partition coefficient (Wildman–Crippen LogP) is 2.72. The van der Waals surface area contributed by atoms with Gasteiger partial charge in [-0.1, -0.05) is 24.3 Å². The second-order valence-corrected chi connectivity index (χ2v) is 6.17. The highest BCUT2D eigenvalue weighted by atomic mass is 16.4. The molecule has 0 aliphatic carbocycles. The van der Waals surface area contributed by atoms with Crippen molar-refractivity contribution >= 4 is 11.8 Å². The van der Waals surface area contributed by atoms with Crippen LogP contribution in [0.3, 0.4) is 0 Å². The molecule has 0 amide bonds. The summed E-state index contributed by atoms with van der Waals surface area (Å²) < 4.78 is 5.79. The zero-order chi connectivity index (χ0) is 18.8. The molecule has 8 heteroatoms. The van der Waals surface area contributed by atoms with Crippen molar-refractivity contribution in [2.75, 3.05) is 18.0 Å². The van der Waals surface area contributed by atoms with E-state index < -0.39 is 5.97 Å². The average molecular weight is 363 g/mol. The molecule has 0 saturated carbocycles. The van der Waals surface area contributed by atoms with Gasteiger partial charge in [0.1, 0.15) is 5.82 Å². The first-order chi connectivity index (χ1) is 13.1. The summed E-state index contributed by atoms with van der Waals surface area (Å²) in [6.07, 6.45) is 3.83. The van der Waals surface area contributed by atoms with Crippen LogP contribution in [0, 0.1) is 6.92 Å². The fourth-order valence-electron chi connectivity index (χ4n) is 2.88. The van der Waals surface area contributed by atoms with Gasteiger partial charge in [0, 0.05) is 24.2 Å². The van der Waals surface area contributed by atoms with Gasteiger partial charge in [0.25, 0.3) is 5.89 Å². The summed E-state index contributed by atoms with van der Waals surface area (Å²) in [7, 11) is 0. The third kappa shape index (κ3) is 3.41. The minimum absolute atomic E-state index is 0.305. The number of carboxylic acids is 1. The molecule has 0 atom stereocenters. The first-order valence-electron chi connectivity index (χ1n) is 8.52. The van der Waals surface area contributed by atoms with Crippen LogP contribution in [0.15, 0.2) is 52.6 Å². The number of benzene rings is 1. The molecule has 3 aromatic rings. The Morgan fingerprint density at radius 3 is 2.67 bits per heavy atom. The number of rotatable bonds is 4. The van der Waals surface area contributed by atoms with Crippen LogP contribution in [0.2, 0.25) is 0 Å². The van der Waals surface area contributed by atoms with E-state index in [-0.39, 0.29) is 0 Å². The van der Waals surface area contributed by atoms with Gasteiger partial charge in [0.15, 0.2) is 5.69 Å². The second kappa shape index (κ2) is 6.99. The van der Waals surface area contributed by atoms with Crippen molar-refractivity contribution in [3.8, 4) is 23.0 Å². The highest BCUT2D eigenvalue weighted by Gasteiger charge is 2.20. The Morgan fingerprint density at radius 1 is 1.19 bits per heavy atom. The minimum atomic E-state index is -0.871. The van der Waals surface area contributed by atoms with Crippen molar-refractivity contribution in [3.05, 3.63) is 53.9 Å². The van der Waals surface area contributed by atoms with E-state index in [9.17, 15) is 4.79 Å². The molecule has 4 rings (SSSR count). The van der Waals surface area contributed by atoms with E-state index in [4.69, 9.17) is 9.52 Å². The first kappa shape index (κ1) is 16.9. The van der Waals surface area contributed by atoms with E-state index >= 15 is 0 Å². The zero-order valence-electron chi connectivity index (χ0n) is 14.7. The predicted molar refractivity (Wildman–Crippen MR) is 98.0 cm³/mol. The van der Waals surface area contributed by atoms with Crippen LogP contribution in [0.1, 0.15) is 12.1 Å². The number of nitrogens with zero attached hydrogens (tertiary/aromatic N) is 5.